The normalized spacial score (nSPS) is 14.6. The van der Waals surface area contributed by atoms with Crippen LogP contribution in [0.2, 0.25) is 0 Å². The minimum absolute atomic E-state index is 0.0918. The molecule has 0 amide bonds. The molecule has 0 atom stereocenters. The molecule has 8 nitrogen and oxygen atoms in total. The molecule has 1 aromatic heterocycles. The summed E-state index contributed by atoms with van der Waals surface area (Å²) in [5.74, 6) is 2.98. The summed E-state index contributed by atoms with van der Waals surface area (Å²) in [6.45, 7) is 5.05. The van der Waals surface area contributed by atoms with Crippen LogP contribution in [0.15, 0.2) is 53.3 Å². The number of aromatic nitrogens is 1. The fraction of sp³-hybridized carbons (Fsp3) is 0.250. The number of ether oxygens (including phenoxy) is 3. The zero-order chi connectivity index (χ0) is 19.5. The van der Waals surface area contributed by atoms with Gasteiger partial charge >= 0.3 is 0 Å². The van der Waals surface area contributed by atoms with Crippen molar-refractivity contribution in [1.29, 1.82) is 0 Å². The molecular weight excluding hydrogens is 360 g/mol. The van der Waals surface area contributed by atoms with Crippen molar-refractivity contribution in [3.63, 3.8) is 0 Å². The molecule has 0 radical (unpaired) electrons. The van der Waals surface area contributed by atoms with Gasteiger partial charge in [0, 0.05) is 18.3 Å². The summed E-state index contributed by atoms with van der Waals surface area (Å²) in [5.41, 5.74) is 2.06. The minimum atomic E-state index is -0.0918. The number of benzene rings is 1. The highest BCUT2D eigenvalue weighted by Gasteiger charge is 2.34. The van der Waals surface area contributed by atoms with Crippen LogP contribution in [-0.2, 0) is 0 Å². The zero-order valence-electron chi connectivity index (χ0n) is 15.5. The highest BCUT2D eigenvalue weighted by atomic mass is 16.5. The number of nitrogens with zero attached hydrogens (tertiary/aromatic N) is 4. The van der Waals surface area contributed by atoms with Crippen LogP contribution in [0.1, 0.15) is 11.3 Å². The summed E-state index contributed by atoms with van der Waals surface area (Å²) in [6.07, 6.45) is 3.05. The number of aliphatic imine (C=N–C) groups is 2. The van der Waals surface area contributed by atoms with Crippen molar-refractivity contribution in [2.24, 2.45) is 9.98 Å². The molecule has 28 heavy (non-hydrogen) atoms. The second kappa shape index (κ2) is 7.69. The second-order valence-electron chi connectivity index (χ2n) is 5.99. The first-order chi connectivity index (χ1) is 13.8. The van der Waals surface area contributed by atoms with Crippen molar-refractivity contribution >= 4 is 17.4 Å². The number of methoxy groups -OCH3 is 1. The van der Waals surface area contributed by atoms with Crippen molar-refractivity contribution in [3.8, 4) is 17.2 Å². The van der Waals surface area contributed by atoms with Crippen LogP contribution in [0.5, 0.6) is 17.2 Å². The summed E-state index contributed by atoms with van der Waals surface area (Å²) >= 11 is 0. The van der Waals surface area contributed by atoms with Crippen LogP contribution in [0.4, 0.5) is 5.69 Å². The molecule has 1 aromatic carbocycles. The quantitative estimate of drug-likeness (QED) is 0.741. The standard InChI is InChI=1S/C20H20N4O4/c1-3-27-14-5-4-8-21-17(14)20-23-16-13(19-22-9-10-24(19)20)6-7-15(18(16)26-2)28-12-11-25/h3-8,25H,1,9-12H2,2H3. The molecule has 0 saturated carbocycles. The van der Waals surface area contributed by atoms with E-state index in [1.807, 2.05) is 17.0 Å². The lowest BCUT2D eigenvalue weighted by Crippen LogP contribution is -2.38. The molecule has 8 heteroatoms. The maximum atomic E-state index is 9.08. The first kappa shape index (κ1) is 18.0. The van der Waals surface area contributed by atoms with Gasteiger partial charge in [0.2, 0.25) is 0 Å². The van der Waals surface area contributed by atoms with Crippen LogP contribution in [0.25, 0.3) is 0 Å². The molecule has 0 bridgehead atoms. The Kier molecular flexibility index (Phi) is 4.94. The highest BCUT2D eigenvalue weighted by Crippen LogP contribution is 2.44. The average molecular weight is 380 g/mol. The van der Waals surface area contributed by atoms with Gasteiger partial charge in [0.15, 0.2) is 23.1 Å². The van der Waals surface area contributed by atoms with Crippen molar-refractivity contribution in [3.05, 3.63) is 54.6 Å². The number of hydrogen-bond acceptors (Lipinski definition) is 8. The molecular formula is C20H20N4O4. The number of aliphatic hydroxyl groups excluding tert-OH is 1. The Morgan fingerprint density at radius 1 is 1.25 bits per heavy atom. The first-order valence-electron chi connectivity index (χ1n) is 8.87. The van der Waals surface area contributed by atoms with Gasteiger partial charge in [-0.25, -0.2) is 9.98 Å². The van der Waals surface area contributed by atoms with Gasteiger partial charge in [-0.3, -0.25) is 4.99 Å². The lowest BCUT2D eigenvalue weighted by Gasteiger charge is -2.28. The topological polar surface area (TPSA) is 88.8 Å². The molecule has 0 aliphatic carbocycles. The maximum absolute atomic E-state index is 9.08. The van der Waals surface area contributed by atoms with Crippen LogP contribution in [0, 0.1) is 0 Å². The van der Waals surface area contributed by atoms with Crippen LogP contribution >= 0.6 is 0 Å². The molecule has 0 unspecified atom stereocenters. The molecule has 0 saturated heterocycles. The fourth-order valence-corrected chi connectivity index (χ4v) is 3.28. The van der Waals surface area contributed by atoms with Gasteiger partial charge in [0.1, 0.15) is 23.8 Å². The van der Waals surface area contributed by atoms with Crippen LogP contribution in [0.3, 0.4) is 0 Å². The molecule has 4 rings (SSSR count). The van der Waals surface area contributed by atoms with Crippen molar-refractivity contribution < 1.29 is 19.3 Å². The van der Waals surface area contributed by atoms with Crippen molar-refractivity contribution in [1.82, 2.24) is 9.88 Å². The van der Waals surface area contributed by atoms with Gasteiger partial charge < -0.3 is 24.2 Å². The first-order valence-corrected chi connectivity index (χ1v) is 8.87. The minimum Gasteiger partial charge on any atom is -0.491 e. The number of pyridine rings is 1. The molecule has 144 valence electrons. The van der Waals surface area contributed by atoms with E-state index < -0.39 is 0 Å². The number of aliphatic hydroxyl groups is 1. The van der Waals surface area contributed by atoms with Gasteiger partial charge in [0.25, 0.3) is 0 Å². The third-order valence-corrected chi connectivity index (χ3v) is 4.40. The van der Waals surface area contributed by atoms with Gasteiger partial charge in [0.05, 0.1) is 26.5 Å². The van der Waals surface area contributed by atoms with E-state index in [0.717, 1.165) is 11.4 Å². The van der Waals surface area contributed by atoms with Gasteiger partial charge in [-0.05, 0) is 24.3 Å². The van der Waals surface area contributed by atoms with E-state index in [0.29, 0.717) is 47.6 Å². The second-order valence-corrected chi connectivity index (χ2v) is 5.99. The van der Waals surface area contributed by atoms with E-state index in [1.54, 1.807) is 25.4 Å². The summed E-state index contributed by atoms with van der Waals surface area (Å²) in [7, 11) is 1.56. The van der Waals surface area contributed by atoms with Crippen LogP contribution in [-0.4, -0.2) is 60.1 Å². The van der Waals surface area contributed by atoms with E-state index in [4.69, 9.17) is 24.3 Å². The summed E-state index contributed by atoms with van der Waals surface area (Å²) in [5, 5.41) is 9.08. The van der Waals surface area contributed by atoms with E-state index in [2.05, 4.69) is 16.6 Å². The third-order valence-electron chi connectivity index (χ3n) is 4.40. The molecule has 0 spiro atoms. The predicted octanol–water partition coefficient (Wildman–Crippen LogP) is 2.14. The Balaban J connectivity index is 1.90. The molecule has 2 aromatic rings. The van der Waals surface area contributed by atoms with E-state index in [-0.39, 0.29) is 13.2 Å². The molecule has 2 aliphatic rings. The Morgan fingerprint density at radius 2 is 2.14 bits per heavy atom. The Bertz CT molecular complexity index is 971. The van der Waals surface area contributed by atoms with Gasteiger partial charge in [-0.15, -0.1) is 0 Å². The summed E-state index contributed by atoms with van der Waals surface area (Å²) in [4.78, 5) is 16.0. The zero-order valence-corrected chi connectivity index (χ0v) is 15.5. The fourth-order valence-electron chi connectivity index (χ4n) is 3.28. The van der Waals surface area contributed by atoms with Crippen molar-refractivity contribution in [2.75, 3.05) is 33.4 Å². The maximum Gasteiger partial charge on any atom is 0.187 e. The SMILES string of the molecule is C=COc1cccnc1C1=Nc2c(ccc(OCCO)c2OC)C2=NCCN21. The smallest absolute Gasteiger partial charge is 0.187 e. The number of rotatable bonds is 7. The Labute approximate surface area is 162 Å². The van der Waals surface area contributed by atoms with Gasteiger partial charge in [-0.2, -0.15) is 0 Å². The highest BCUT2D eigenvalue weighted by molar-refractivity contribution is 6.21. The lowest BCUT2D eigenvalue weighted by molar-refractivity contribution is 0.196. The van der Waals surface area contributed by atoms with Gasteiger partial charge in [-0.1, -0.05) is 6.58 Å². The molecule has 3 heterocycles. The number of hydrogen-bond donors (Lipinski definition) is 1. The monoisotopic (exact) mass is 380 g/mol. The van der Waals surface area contributed by atoms with E-state index in [9.17, 15) is 0 Å². The molecule has 2 aliphatic heterocycles. The lowest BCUT2D eigenvalue weighted by atomic mass is 10.1. The van der Waals surface area contributed by atoms with E-state index in [1.165, 1.54) is 6.26 Å². The van der Waals surface area contributed by atoms with Crippen molar-refractivity contribution in [2.45, 2.75) is 0 Å². The Hall–Kier alpha value is -3.39. The van der Waals surface area contributed by atoms with E-state index >= 15 is 0 Å². The Morgan fingerprint density at radius 3 is 2.93 bits per heavy atom. The molecule has 1 N–H and O–H groups in total. The largest absolute Gasteiger partial charge is 0.491 e. The third kappa shape index (κ3) is 2.97. The molecule has 0 fully saturated rings. The number of amidine groups is 2. The van der Waals surface area contributed by atoms with Crippen LogP contribution < -0.4 is 14.2 Å². The summed E-state index contributed by atoms with van der Waals surface area (Å²) < 4.78 is 16.7. The average Bonchev–Trinajstić information content (AvgIpc) is 3.22. The summed E-state index contributed by atoms with van der Waals surface area (Å²) in [6, 6.07) is 7.31. The predicted molar refractivity (Wildman–Crippen MR) is 105 cm³/mol. The number of fused-ring (bicyclic) bond motifs is 3.